The lowest BCUT2D eigenvalue weighted by molar-refractivity contribution is 0.0398. The van der Waals surface area contributed by atoms with Gasteiger partial charge in [-0.15, -0.1) is 0 Å². The van der Waals surface area contributed by atoms with Crippen LogP contribution in [0.1, 0.15) is 11.1 Å². The summed E-state index contributed by atoms with van der Waals surface area (Å²) in [4.78, 5) is 20.2. The molecule has 2 N–H and O–H groups in total. The van der Waals surface area contributed by atoms with Gasteiger partial charge in [-0.05, 0) is 35.9 Å². The van der Waals surface area contributed by atoms with E-state index in [0.29, 0.717) is 13.2 Å². The fourth-order valence-electron chi connectivity index (χ4n) is 5.16. The predicted molar refractivity (Wildman–Crippen MR) is 141 cm³/mol. The number of nitrogens with one attached hydrogen (secondary N) is 2. The summed E-state index contributed by atoms with van der Waals surface area (Å²) in [5, 5.41) is 3.56. The van der Waals surface area contributed by atoms with Gasteiger partial charge in [0.15, 0.2) is 0 Å². The minimum absolute atomic E-state index is 0.115. The summed E-state index contributed by atoms with van der Waals surface area (Å²) in [7, 11) is 0. The molecule has 6 rings (SSSR count). The van der Waals surface area contributed by atoms with Crippen molar-refractivity contribution in [1.29, 1.82) is 0 Å². The number of hydrogen-bond donors (Lipinski definition) is 2. The number of H-pyrrole nitrogens is 1. The number of fused-ring (bicyclic) bond motifs is 2. The highest BCUT2D eigenvalue weighted by Gasteiger charge is 2.22. The molecule has 0 saturated carbocycles. The lowest BCUT2D eigenvalue weighted by Crippen LogP contribution is -2.39. The molecule has 0 radical (unpaired) electrons. The van der Waals surface area contributed by atoms with E-state index in [2.05, 4.69) is 38.3 Å². The van der Waals surface area contributed by atoms with Crippen LogP contribution in [-0.4, -0.2) is 75.6 Å². The first-order valence-electron chi connectivity index (χ1n) is 12.8. The van der Waals surface area contributed by atoms with Crippen LogP contribution in [0.25, 0.3) is 11.3 Å². The maximum atomic E-state index is 12.5. The zero-order chi connectivity index (χ0) is 24.3. The molecule has 0 aliphatic carbocycles. The van der Waals surface area contributed by atoms with E-state index in [1.165, 1.54) is 0 Å². The zero-order valence-electron chi connectivity index (χ0n) is 20.4. The van der Waals surface area contributed by atoms with Crippen LogP contribution in [0.15, 0.2) is 53.3 Å². The van der Waals surface area contributed by atoms with Crippen LogP contribution >= 0.6 is 0 Å². The molecule has 188 valence electrons. The molecule has 0 spiro atoms. The predicted octanol–water partition coefficient (Wildman–Crippen LogP) is 3.32. The fourth-order valence-corrected chi connectivity index (χ4v) is 5.16. The van der Waals surface area contributed by atoms with Gasteiger partial charge in [0.25, 0.3) is 0 Å². The minimum atomic E-state index is -0.115. The zero-order valence-corrected chi connectivity index (χ0v) is 20.4. The summed E-state index contributed by atoms with van der Waals surface area (Å²) in [5.74, 6) is 1.67. The molecule has 2 aromatic carbocycles. The van der Waals surface area contributed by atoms with Gasteiger partial charge in [0.05, 0.1) is 32.1 Å². The number of hydrogen-bond acceptors (Lipinski definition) is 7. The Hall–Kier alpha value is -3.33. The summed E-state index contributed by atoms with van der Waals surface area (Å²) in [6.07, 6.45) is 0.783. The first-order chi connectivity index (χ1) is 17.7. The van der Waals surface area contributed by atoms with Crippen LogP contribution in [-0.2, 0) is 15.9 Å². The van der Waals surface area contributed by atoms with Crippen LogP contribution in [0.3, 0.4) is 0 Å². The van der Waals surface area contributed by atoms with Crippen LogP contribution < -0.4 is 20.5 Å². The average Bonchev–Trinajstić information content (AvgIpc) is 2.92. The van der Waals surface area contributed by atoms with Crippen molar-refractivity contribution in [3.63, 3.8) is 0 Å². The highest BCUT2D eigenvalue weighted by molar-refractivity contribution is 5.74. The Morgan fingerprint density at radius 1 is 0.889 bits per heavy atom. The molecule has 3 aromatic rings. The van der Waals surface area contributed by atoms with Gasteiger partial charge in [-0.1, -0.05) is 12.1 Å². The largest absolute Gasteiger partial charge is 0.456 e. The Kier molecular flexibility index (Phi) is 6.63. The Morgan fingerprint density at radius 2 is 1.69 bits per heavy atom. The van der Waals surface area contributed by atoms with E-state index >= 15 is 0 Å². The highest BCUT2D eigenvalue weighted by atomic mass is 16.5. The van der Waals surface area contributed by atoms with E-state index in [1.54, 1.807) is 6.07 Å². The lowest BCUT2D eigenvalue weighted by atomic mass is 9.96. The van der Waals surface area contributed by atoms with Gasteiger partial charge in [0, 0.05) is 74.3 Å². The van der Waals surface area contributed by atoms with Crippen molar-refractivity contribution in [3.05, 3.63) is 70.0 Å². The normalized spacial score (nSPS) is 17.7. The van der Waals surface area contributed by atoms with Crippen LogP contribution in [0.4, 0.5) is 11.4 Å². The molecular formula is C28H32N4O4. The highest BCUT2D eigenvalue weighted by Crippen LogP contribution is 2.43. The summed E-state index contributed by atoms with van der Waals surface area (Å²) in [6, 6.07) is 16.2. The second-order valence-electron chi connectivity index (χ2n) is 9.49. The number of rotatable bonds is 6. The first kappa shape index (κ1) is 23.1. The molecule has 2 saturated heterocycles. The number of benzene rings is 2. The topological polar surface area (TPSA) is 79.1 Å². The number of anilines is 2. The second-order valence-corrected chi connectivity index (χ2v) is 9.49. The minimum Gasteiger partial charge on any atom is -0.456 e. The summed E-state index contributed by atoms with van der Waals surface area (Å²) in [5.41, 5.74) is 5.85. The number of ether oxygens (including phenoxy) is 3. The molecule has 3 aliphatic heterocycles. The van der Waals surface area contributed by atoms with Crippen molar-refractivity contribution in [1.82, 2.24) is 9.88 Å². The Labute approximate surface area is 210 Å². The van der Waals surface area contributed by atoms with E-state index in [9.17, 15) is 4.79 Å². The number of pyridine rings is 1. The van der Waals surface area contributed by atoms with Crippen molar-refractivity contribution in [2.45, 2.75) is 6.42 Å². The Balaban J connectivity index is 1.21. The number of nitrogens with zero attached hydrogens (tertiary/aromatic N) is 2. The average molecular weight is 489 g/mol. The summed E-state index contributed by atoms with van der Waals surface area (Å²) < 4.78 is 17.3. The van der Waals surface area contributed by atoms with Gasteiger partial charge in [-0.2, -0.15) is 0 Å². The summed E-state index contributed by atoms with van der Waals surface area (Å²) in [6.45, 7) is 8.45. The molecular weight excluding hydrogens is 456 g/mol. The van der Waals surface area contributed by atoms with Crippen molar-refractivity contribution >= 4 is 11.4 Å². The van der Waals surface area contributed by atoms with Crippen molar-refractivity contribution in [2.24, 2.45) is 0 Å². The second kappa shape index (κ2) is 10.3. The Morgan fingerprint density at radius 3 is 2.53 bits per heavy atom. The van der Waals surface area contributed by atoms with Crippen LogP contribution in [0.5, 0.6) is 11.5 Å². The SMILES string of the molecule is O=c1cc(N2CCOCC2)cc(-c2cccc3c2Oc2ccc(NCCN4CCOCC4)cc2C3)[nH]1. The van der Waals surface area contributed by atoms with Gasteiger partial charge >= 0.3 is 0 Å². The fraction of sp³-hybridized carbons (Fsp3) is 0.393. The molecule has 0 atom stereocenters. The molecule has 4 heterocycles. The van der Waals surface area contributed by atoms with Crippen molar-refractivity contribution < 1.29 is 14.2 Å². The standard InChI is InChI=1S/C28H32N4O4/c33-27-19-23(32-10-14-35-15-11-32)18-25(30-27)24-3-1-2-20-16-21-17-22(4-5-26(21)36-28(20)24)29-6-7-31-8-12-34-13-9-31/h1-5,17-19,29H,6-16H2,(H,30,33). The third-order valence-electron chi connectivity index (χ3n) is 7.11. The third-order valence-corrected chi connectivity index (χ3v) is 7.11. The van der Waals surface area contributed by atoms with E-state index in [1.807, 2.05) is 24.3 Å². The first-order valence-corrected chi connectivity index (χ1v) is 12.8. The van der Waals surface area contributed by atoms with Crippen molar-refractivity contribution in [2.75, 3.05) is 75.9 Å². The third kappa shape index (κ3) is 4.97. The maximum Gasteiger partial charge on any atom is 0.250 e. The van der Waals surface area contributed by atoms with E-state index in [-0.39, 0.29) is 5.56 Å². The van der Waals surface area contributed by atoms with Gasteiger partial charge in [0.2, 0.25) is 5.56 Å². The van der Waals surface area contributed by atoms with Gasteiger partial charge < -0.3 is 29.4 Å². The molecule has 0 bridgehead atoms. The number of para-hydroxylation sites is 1. The van der Waals surface area contributed by atoms with E-state index < -0.39 is 0 Å². The van der Waals surface area contributed by atoms with Gasteiger partial charge in [-0.25, -0.2) is 0 Å². The lowest BCUT2D eigenvalue weighted by Gasteiger charge is -2.29. The van der Waals surface area contributed by atoms with E-state index in [0.717, 1.165) is 104 Å². The molecule has 36 heavy (non-hydrogen) atoms. The Bertz CT molecular complexity index is 1280. The van der Waals surface area contributed by atoms with Crippen molar-refractivity contribution in [3.8, 4) is 22.8 Å². The molecule has 3 aliphatic rings. The molecule has 8 nitrogen and oxygen atoms in total. The van der Waals surface area contributed by atoms with Gasteiger partial charge in [0.1, 0.15) is 11.5 Å². The molecule has 0 unspecified atom stereocenters. The molecule has 0 amide bonds. The summed E-state index contributed by atoms with van der Waals surface area (Å²) >= 11 is 0. The smallest absolute Gasteiger partial charge is 0.250 e. The number of aromatic amines is 1. The molecule has 8 heteroatoms. The number of morpholine rings is 2. The quantitative estimate of drug-likeness (QED) is 0.431. The van der Waals surface area contributed by atoms with Crippen LogP contribution in [0, 0.1) is 0 Å². The molecule has 1 aromatic heterocycles. The number of aromatic nitrogens is 1. The molecule has 2 fully saturated rings. The van der Waals surface area contributed by atoms with Crippen LogP contribution in [0.2, 0.25) is 0 Å². The van der Waals surface area contributed by atoms with Gasteiger partial charge in [-0.3, -0.25) is 9.69 Å². The maximum absolute atomic E-state index is 12.5. The monoisotopic (exact) mass is 488 g/mol. The van der Waals surface area contributed by atoms with E-state index in [4.69, 9.17) is 14.2 Å².